The fraction of sp³-hybridized carbons (Fsp3) is 0.632. The van der Waals surface area contributed by atoms with Crippen LogP contribution in [0.2, 0.25) is 0 Å². The van der Waals surface area contributed by atoms with E-state index in [1.165, 1.54) is 17.5 Å². The standard InChI is InChI=1S/C19H28N2O/c1-14(20)18-8-4-5-11-21(18)19(22)13-15-9-10-16-6-2-3-7-17(16)12-15/h2-3,6-7,14-15,18H,4-5,8-13,20H2,1H3. The Kier molecular flexibility index (Phi) is 4.82. The number of aryl methyl sites for hydroxylation is 1. The van der Waals surface area contributed by atoms with Gasteiger partial charge >= 0.3 is 0 Å². The Morgan fingerprint density at radius 1 is 1.27 bits per heavy atom. The van der Waals surface area contributed by atoms with E-state index < -0.39 is 0 Å². The number of benzene rings is 1. The first-order chi connectivity index (χ1) is 10.6. The predicted molar refractivity (Wildman–Crippen MR) is 89.6 cm³/mol. The fourth-order valence-corrected chi connectivity index (χ4v) is 4.13. The largest absolute Gasteiger partial charge is 0.338 e. The molecule has 3 heteroatoms. The molecule has 0 aromatic heterocycles. The van der Waals surface area contributed by atoms with Gasteiger partial charge in [-0.05, 0) is 62.5 Å². The van der Waals surface area contributed by atoms with Crippen LogP contribution in [0.25, 0.3) is 0 Å². The van der Waals surface area contributed by atoms with Crippen LogP contribution >= 0.6 is 0 Å². The van der Waals surface area contributed by atoms with Crippen LogP contribution in [0, 0.1) is 5.92 Å². The lowest BCUT2D eigenvalue weighted by molar-refractivity contribution is -0.136. The maximum absolute atomic E-state index is 12.8. The third-order valence-electron chi connectivity index (χ3n) is 5.39. The molecule has 1 saturated heterocycles. The van der Waals surface area contributed by atoms with E-state index >= 15 is 0 Å². The van der Waals surface area contributed by atoms with E-state index in [1.807, 2.05) is 6.92 Å². The molecule has 0 spiro atoms. The second-order valence-corrected chi connectivity index (χ2v) is 7.09. The van der Waals surface area contributed by atoms with Crippen molar-refractivity contribution in [1.82, 2.24) is 4.90 Å². The highest BCUT2D eigenvalue weighted by Gasteiger charge is 2.31. The number of nitrogens with zero attached hydrogens (tertiary/aromatic N) is 1. The third kappa shape index (κ3) is 3.35. The van der Waals surface area contributed by atoms with E-state index in [0.717, 1.165) is 38.6 Å². The van der Waals surface area contributed by atoms with E-state index in [0.29, 0.717) is 18.2 Å². The van der Waals surface area contributed by atoms with Gasteiger partial charge in [-0.15, -0.1) is 0 Å². The van der Waals surface area contributed by atoms with Crippen LogP contribution in [0.15, 0.2) is 24.3 Å². The Morgan fingerprint density at radius 2 is 2.05 bits per heavy atom. The maximum Gasteiger partial charge on any atom is 0.223 e. The summed E-state index contributed by atoms with van der Waals surface area (Å²) in [6, 6.07) is 9.00. The van der Waals surface area contributed by atoms with Gasteiger partial charge in [-0.1, -0.05) is 24.3 Å². The van der Waals surface area contributed by atoms with Gasteiger partial charge in [-0.2, -0.15) is 0 Å². The molecule has 1 heterocycles. The number of carbonyl (C=O) groups is 1. The number of piperidine rings is 1. The van der Waals surface area contributed by atoms with Crippen molar-refractivity contribution >= 4 is 5.91 Å². The Balaban J connectivity index is 1.62. The van der Waals surface area contributed by atoms with Gasteiger partial charge in [0.2, 0.25) is 5.91 Å². The highest BCUT2D eigenvalue weighted by atomic mass is 16.2. The number of carbonyl (C=O) groups excluding carboxylic acids is 1. The minimum Gasteiger partial charge on any atom is -0.338 e. The smallest absolute Gasteiger partial charge is 0.223 e. The molecule has 1 aliphatic carbocycles. The van der Waals surface area contributed by atoms with E-state index in [1.54, 1.807) is 0 Å². The zero-order chi connectivity index (χ0) is 15.5. The molecule has 22 heavy (non-hydrogen) atoms. The SMILES string of the molecule is CC(N)C1CCCCN1C(=O)CC1CCc2ccccc2C1. The summed E-state index contributed by atoms with van der Waals surface area (Å²) in [5.74, 6) is 0.824. The van der Waals surface area contributed by atoms with Gasteiger partial charge in [-0.25, -0.2) is 0 Å². The number of amides is 1. The quantitative estimate of drug-likeness (QED) is 0.933. The number of hydrogen-bond donors (Lipinski definition) is 1. The molecule has 3 rings (SSSR count). The van der Waals surface area contributed by atoms with Crippen LogP contribution in [0.3, 0.4) is 0 Å². The average molecular weight is 300 g/mol. The number of rotatable bonds is 3. The van der Waals surface area contributed by atoms with Crippen LogP contribution in [-0.2, 0) is 17.6 Å². The number of hydrogen-bond acceptors (Lipinski definition) is 2. The van der Waals surface area contributed by atoms with Crippen LogP contribution < -0.4 is 5.73 Å². The molecule has 2 aliphatic rings. The minimum absolute atomic E-state index is 0.0799. The number of fused-ring (bicyclic) bond motifs is 1. The Labute approximate surface area is 133 Å². The molecule has 1 aromatic rings. The molecule has 1 amide bonds. The van der Waals surface area contributed by atoms with E-state index in [2.05, 4.69) is 29.2 Å². The summed E-state index contributed by atoms with van der Waals surface area (Å²) in [5.41, 5.74) is 9.01. The minimum atomic E-state index is 0.0799. The molecule has 0 radical (unpaired) electrons. The van der Waals surface area contributed by atoms with Gasteiger partial charge in [0.1, 0.15) is 0 Å². The maximum atomic E-state index is 12.8. The molecular formula is C19H28N2O. The Bertz CT molecular complexity index is 526. The third-order valence-corrected chi connectivity index (χ3v) is 5.39. The first-order valence-corrected chi connectivity index (χ1v) is 8.77. The van der Waals surface area contributed by atoms with Gasteiger partial charge in [0, 0.05) is 25.0 Å². The van der Waals surface area contributed by atoms with Crippen molar-refractivity contribution in [3.63, 3.8) is 0 Å². The van der Waals surface area contributed by atoms with E-state index in [9.17, 15) is 4.79 Å². The molecule has 2 N–H and O–H groups in total. The summed E-state index contributed by atoms with van der Waals surface area (Å²) in [5, 5.41) is 0. The van der Waals surface area contributed by atoms with Gasteiger partial charge < -0.3 is 10.6 Å². The van der Waals surface area contributed by atoms with Gasteiger partial charge in [-0.3, -0.25) is 4.79 Å². The van der Waals surface area contributed by atoms with Crippen molar-refractivity contribution in [2.24, 2.45) is 11.7 Å². The summed E-state index contributed by atoms with van der Waals surface area (Å²) in [6.45, 7) is 2.93. The zero-order valence-electron chi connectivity index (χ0n) is 13.6. The predicted octanol–water partition coefficient (Wildman–Crippen LogP) is 2.91. The molecule has 0 saturated carbocycles. The normalized spacial score (nSPS) is 26.4. The van der Waals surface area contributed by atoms with E-state index in [-0.39, 0.29) is 12.1 Å². The van der Waals surface area contributed by atoms with Crippen LogP contribution in [0.5, 0.6) is 0 Å². The second kappa shape index (κ2) is 6.82. The first kappa shape index (κ1) is 15.5. The summed E-state index contributed by atoms with van der Waals surface area (Å²) < 4.78 is 0. The molecule has 3 unspecified atom stereocenters. The molecule has 3 atom stereocenters. The van der Waals surface area contributed by atoms with Gasteiger partial charge in [0.25, 0.3) is 0 Å². The Hall–Kier alpha value is -1.35. The second-order valence-electron chi connectivity index (χ2n) is 7.09. The zero-order valence-corrected chi connectivity index (χ0v) is 13.6. The van der Waals surface area contributed by atoms with Crippen LogP contribution in [-0.4, -0.2) is 29.4 Å². The summed E-state index contributed by atoms with van der Waals surface area (Å²) >= 11 is 0. The van der Waals surface area contributed by atoms with Gasteiger partial charge in [0.15, 0.2) is 0 Å². The number of likely N-dealkylation sites (tertiary alicyclic amines) is 1. The topological polar surface area (TPSA) is 46.3 Å². The Morgan fingerprint density at radius 3 is 2.82 bits per heavy atom. The number of nitrogens with two attached hydrogens (primary N) is 1. The molecule has 120 valence electrons. The lowest BCUT2D eigenvalue weighted by atomic mass is 9.82. The van der Waals surface area contributed by atoms with Crippen molar-refractivity contribution in [3.8, 4) is 0 Å². The average Bonchev–Trinajstić information content (AvgIpc) is 2.54. The summed E-state index contributed by atoms with van der Waals surface area (Å²) in [6.07, 6.45) is 7.40. The molecule has 1 aliphatic heterocycles. The fourth-order valence-electron chi connectivity index (χ4n) is 4.13. The summed E-state index contributed by atoms with van der Waals surface area (Å²) in [4.78, 5) is 14.8. The molecule has 3 nitrogen and oxygen atoms in total. The lowest BCUT2D eigenvalue weighted by Gasteiger charge is -2.39. The van der Waals surface area contributed by atoms with Crippen molar-refractivity contribution in [1.29, 1.82) is 0 Å². The highest BCUT2D eigenvalue weighted by Crippen LogP contribution is 2.29. The monoisotopic (exact) mass is 300 g/mol. The molecule has 1 fully saturated rings. The van der Waals surface area contributed by atoms with Crippen molar-refractivity contribution < 1.29 is 4.79 Å². The highest BCUT2D eigenvalue weighted by molar-refractivity contribution is 5.77. The van der Waals surface area contributed by atoms with E-state index in [4.69, 9.17) is 5.73 Å². The molecular weight excluding hydrogens is 272 g/mol. The van der Waals surface area contributed by atoms with Gasteiger partial charge in [0.05, 0.1) is 0 Å². The lowest BCUT2D eigenvalue weighted by Crippen LogP contribution is -2.52. The first-order valence-electron chi connectivity index (χ1n) is 8.77. The van der Waals surface area contributed by atoms with Crippen LogP contribution in [0.4, 0.5) is 0 Å². The van der Waals surface area contributed by atoms with Crippen molar-refractivity contribution in [2.45, 2.75) is 64.0 Å². The molecule has 0 bridgehead atoms. The summed E-state index contributed by atoms with van der Waals surface area (Å²) in [7, 11) is 0. The molecule has 1 aromatic carbocycles. The van der Waals surface area contributed by atoms with Crippen molar-refractivity contribution in [2.75, 3.05) is 6.54 Å². The van der Waals surface area contributed by atoms with Crippen molar-refractivity contribution in [3.05, 3.63) is 35.4 Å². The van der Waals surface area contributed by atoms with Crippen LogP contribution in [0.1, 0.15) is 50.2 Å².